The highest BCUT2D eigenvalue weighted by Crippen LogP contribution is 2.44. The van der Waals surface area contributed by atoms with Gasteiger partial charge < -0.3 is 4.74 Å². The van der Waals surface area contributed by atoms with E-state index >= 15 is 0 Å². The Morgan fingerprint density at radius 2 is 2.08 bits per heavy atom. The number of hydrogen-bond acceptors (Lipinski definition) is 1. The third-order valence-electron chi connectivity index (χ3n) is 3.39. The highest BCUT2D eigenvalue weighted by atomic mass is 16.5. The molecular weight excluding hydrogens is 148 g/mol. The van der Waals surface area contributed by atoms with Gasteiger partial charge in [-0.05, 0) is 30.6 Å². The number of rotatable bonds is 5. The summed E-state index contributed by atoms with van der Waals surface area (Å²) in [7, 11) is 1.83. The van der Waals surface area contributed by atoms with Gasteiger partial charge in [-0.3, -0.25) is 0 Å². The summed E-state index contributed by atoms with van der Waals surface area (Å²) in [6, 6.07) is 0. The van der Waals surface area contributed by atoms with E-state index in [0.717, 1.165) is 12.5 Å². The second kappa shape index (κ2) is 4.27. The molecule has 0 aromatic carbocycles. The Hall–Kier alpha value is -0.0400. The first-order chi connectivity index (χ1) is 5.73. The summed E-state index contributed by atoms with van der Waals surface area (Å²) >= 11 is 0. The summed E-state index contributed by atoms with van der Waals surface area (Å²) in [4.78, 5) is 0. The number of methoxy groups -OCH3 is 1. The van der Waals surface area contributed by atoms with E-state index < -0.39 is 0 Å². The topological polar surface area (TPSA) is 9.23 Å². The molecule has 0 amide bonds. The van der Waals surface area contributed by atoms with Crippen LogP contribution in [-0.4, -0.2) is 13.7 Å². The van der Waals surface area contributed by atoms with Gasteiger partial charge in [0.25, 0.3) is 0 Å². The number of ether oxygens (including phenoxy) is 1. The van der Waals surface area contributed by atoms with Crippen LogP contribution < -0.4 is 0 Å². The van der Waals surface area contributed by atoms with Gasteiger partial charge in [-0.15, -0.1) is 0 Å². The molecule has 1 heteroatoms. The molecule has 1 fully saturated rings. The lowest BCUT2D eigenvalue weighted by Gasteiger charge is -2.42. The zero-order valence-electron chi connectivity index (χ0n) is 8.73. The second-order valence-electron chi connectivity index (χ2n) is 4.46. The van der Waals surface area contributed by atoms with Gasteiger partial charge in [0, 0.05) is 7.11 Å². The van der Waals surface area contributed by atoms with Gasteiger partial charge in [0.1, 0.15) is 0 Å². The van der Waals surface area contributed by atoms with E-state index in [-0.39, 0.29) is 0 Å². The standard InChI is InChI=1S/C11H22O/c1-4-8-11(2,9-12-3)10-6-5-7-10/h10H,4-9H2,1-3H3. The van der Waals surface area contributed by atoms with E-state index in [9.17, 15) is 0 Å². The third-order valence-corrected chi connectivity index (χ3v) is 3.39. The van der Waals surface area contributed by atoms with Crippen LogP contribution in [0.4, 0.5) is 0 Å². The van der Waals surface area contributed by atoms with Gasteiger partial charge in [0.2, 0.25) is 0 Å². The molecule has 1 saturated carbocycles. The predicted molar refractivity (Wildman–Crippen MR) is 52.2 cm³/mol. The second-order valence-corrected chi connectivity index (χ2v) is 4.46. The summed E-state index contributed by atoms with van der Waals surface area (Å²) in [5, 5.41) is 0. The summed E-state index contributed by atoms with van der Waals surface area (Å²) in [6.45, 7) is 5.61. The van der Waals surface area contributed by atoms with E-state index in [4.69, 9.17) is 4.74 Å². The van der Waals surface area contributed by atoms with Gasteiger partial charge in [-0.2, -0.15) is 0 Å². The quantitative estimate of drug-likeness (QED) is 0.615. The molecule has 12 heavy (non-hydrogen) atoms. The van der Waals surface area contributed by atoms with Gasteiger partial charge in [0.05, 0.1) is 6.61 Å². The molecule has 0 heterocycles. The first-order valence-electron chi connectivity index (χ1n) is 5.22. The Morgan fingerprint density at radius 3 is 2.42 bits per heavy atom. The lowest BCUT2D eigenvalue weighted by atomic mass is 9.65. The van der Waals surface area contributed by atoms with Crippen LogP contribution in [0, 0.1) is 11.3 Å². The van der Waals surface area contributed by atoms with Crippen LogP contribution in [0.15, 0.2) is 0 Å². The SMILES string of the molecule is CCCC(C)(COC)C1CCC1. The lowest BCUT2D eigenvalue weighted by Crippen LogP contribution is -2.36. The molecule has 1 atom stereocenters. The van der Waals surface area contributed by atoms with Crippen molar-refractivity contribution in [3.05, 3.63) is 0 Å². The largest absolute Gasteiger partial charge is 0.384 e. The molecule has 1 aliphatic rings. The minimum Gasteiger partial charge on any atom is -0.384 e. The summed E-state index contributed by atoms with van der Waals surface area (Å²) in [5.41, 5.74) is 0.474. The molecule has 0 saturated heterocycles. The van der Waals surface area contributed by atoms with Crippen molar-refractivity contribution in [3.63, 3.8) is 0 Å². The normalized spacial score (nSPS) is 23.2. The molecule has 1 nitrogen and oxygen atoms in total. The maximum atomic E-state index is 5.32. The zero-order chi connectivity index (χ0) is 9.03. The first-order valence-corrected chi connectivity index (χ1v) is 5.22. The maximum absolute atomic E-state index is 5.32. The molecule has 1 rings (SSSR count). The van der Waals surface area contributed by atoms with Gasteiger partial charge in [-0.1, -0.05) is 26.7 Å². The van der Waals surface area contributed by atoms with Crippen LogP contribution in [0.25, 0.3) is 0 Å². The minimum absolute atomic E-state index is 0.474. The van der Waals surface area contributed by atoms with Gasteiger partial charge in [-0.25, -0.2) is 0 Å². The Kier molecular flexibility index (Phi) is 3.57. The van der Waals surface area contributed by atoms with Crippen molar-refractivity contribution in [1.82, 2.24) is 0 Å². The minimum atomic E-state index is 0.474. The molecule has 0 bridgehead atoms. The molecule has 0 aromatic rings. The van der Waals surface area contributed by atoms with Crippen LogP contribution in [0.2, 0.25) is 0 Å². The smallest absolute Gasteiger partial charge is 0.0518 e. The summed E-state index contributed by atoms with van der Waals surface area (Å²) in [5.74, 6) is 0.942. The summed E-state index contributed by atoms with van der Waals surface area (Å²) < 4.78 is 5.32. The zero-order valence-corrected chi connectivity index (χ0v) is 8.73. The van der Waals surface area contributed by atoms with E-state index in [2.05, 4.69) is 13.8 Å². The van der Waals surface area contributed by atoms with Crippen molar-refractivity contribution in [2.24, 2.45) is 11.3 Å². The van der Waals surface area contributed by atoms with Crippen molar-refractivity contribution in [2.75, 3.05) is 13.7 Å². The average Bonchev–Trinajstić information content (AvgIpc) is 1.82. The Balaban J connectivity index is 2.44. The average molecular weight is 170 g/mol. The van der Waals surface area contributed by atoms with E-state index in [1.807, 2.05) is 7.11 Å². The maximum Gasteiger partial charge on any atom is 0.0518 e. The third kappa shape index (κ3) is 2.01. The van der Waals surface area contributed by atoms with Gasteiger partial charge >= 0.3 is 0 Å². The molecule has 0 N–H and O–H groups in total. The molecule has 1 unspecified atom stereocenters. The van der Waals surface area contributed by atoms with Crippen LogP contribution in [0.1, 0.15) is 46.0 Å². The van der Waals surface area contributed by atoms with Gasteiger partial charge in [0.15, 0.2) is 0 Å². The lowest BCUT2D eigenvalue weighted by molar-refractivity contribution is 0.00457. The van der Waals surface area contributed by atoms with Crippen molar-refractivity contribution in [3.8, 4) is 0 Å². The van der Waals surface area contributed by atoms with E-state index in [1.165, 1.54) is 32.1 Å². The van der Waals surface area contributed by atoms with Crippen LogP contribution in [0.3, 0.4) is 0 Å². The molecular formula is C11H22O. The van der Waals surface area contributed by atoms with Crippen LogP contribution in [0.5, 0.6) is 0 Å². The van der Waals surface area contributed by atoms with E-state index in [0.29, 0.717) is 5.41 Å². The predicted octanol–water partition coefficient (Wildman–Crippen LogP) is 3.24. The Morgan fingerprint density at radius 1 is 1.42 bits per heavy atom. The monoisotopic (exact) mass is 170 g/mol. The molecule has 1 aliphatic carbocycles. The molecule has 0 spiro atoms. The van der Waals surface area contributed by atoms with Crippen LogP contribution in [-0.2, 0) is 4.74 Å². The molecule has 72 valence electrons. The molecule has 0 aliphatic heterocycles. The highest BCUT2D eigenvalue weighted by molar-refractivity contribution is 4.87. The molecule has 0 radical (unpaired) electrons. The van der Waals surface area contributed by atoms with Crippen molar-refractivity contribution >= 4 is 0 Å². The summed E-state index contributed by atoms with van der Waals surface area (Å²) in [6.07, 6.45) is 6.91. The fraction of sp³-hybridized carbons (Fsp3) is 1.00. The number of hydrogen-bond donors (Lipinski definition) is 0. The van der Waals surface area contributed by atoms with Crippen molar-refractivity contribution < 1.29 is 4.74 Å². The Bertz CT molecular complexity index is 121. The molecule has 0 aromatic heterocycles. The van der Waals surface area contributed by atoms with Crippen molar-refractivity contribution in [2.45, 2.75) is 46.0 Å². The Labute approximate surface area is 76.5 Å². The van der Waals surface area contributed by atoms with Crippen molar-refractivity contribution in [1.29, 1.82) is 0 Å². The first kappa shape index (κ1) is 10.0. The fourth-order valence-corrected chi connectivity index (χ4v) is 2.40. The highest BCUT2D eigenvalue weighted by Gasteiger charge is 2.36. The van der Waals surface area contributed by atoms with Crippen LogP contribution >= 0.6 is 0 Å². The van der Waals surface area contributed by atoms with E-state index in [1.54, 1.807) is 0 Å². The fourth-order valence-electron chi connectivity index (χ4n) is 2.40.